The number of anilines is 3. The Balaban J connectivity index is 1.22. The third-order valence-corrected chi connectivity index (χ3v) is 7.42. The van der Waals surface area contributed by atoms with Gasteiger partial charge < -0.3 is 15.1 Å². The minimum atomic E-state index is -0.0846. The summed E-state index contributed by atoms with van der Waals surface area (Å²) in [6, 6.07) is 7.97. The van der Waals surface area contributed by atoms with Crippen LogP contribution in [0.2, 0.25) is 0 Å². The Morgan fingerprint density at radius 1 is 1.16 bits per heavy atom. The summed E-state index contributed by atoms with van der Waals surface area (Å²) in [5, 5.41) is 12.7. The number of thioether (sulfide) groups is 1. The zero-order chi connectivity index (χ0) is 22.1. The van der Waals surface area contributed by atoms with E-state index in [1.807, 2.05) is 24.3 Å². The van der Waals surface area contributed by atoms with Crippen molar-refractivity contribution in [2.45, 2.75) is 56.6 Å². The topological polar surface area (TPSA) is 83.4 Å². The summed E-state index contributed by atoms with van der Waals surface area (Å²) < 4.78 is 2.24. The fraction of sp³-hybridized carbons (Fsp3) is 0.565. The lowest BCUT2D eigenvalue weighted by Crippen LogP contribution is -2.34. The van der Waals surface area contributed by atoms with Gasteiger partial charge in [-0.1, -0.05) is 24.8 Å². The second-order valence-corrected chi connectivity index (χ2v) is 10.0. The van der Waals surface area contributed by atoms with Gasteiger partial charge in [-0.15, -0.1) is 10.2 Å². The SMILES string of the molecule is CC1CCN(c2nnc(SCC(=O)Nc3cccc(N4CCCC4=O)c3)n2C2CC2)CC1. The number of hydrogen-bond donors (Lipinski definition) is 1. The van der Waals surface area contributed by atoms with Crippen molar-refractivity contribution < 1.29 is 9.59 Å². The van der Waals surface area contributed by atoms with Crippen molar-refractivity contribution in [1.82, 2.24) is 14.8 Å². The molecular formula is C23H30N6O2S. The van der Waals surface area contributed by atoms with E-state index in [1.54, 1.807) is 4.90 Å². The highest BCUT2D eigenvalue weighted by Gasteiger charge is 2.32. The molecule has 170 valence electrons. The van der Waals surface area contributed by atoms with Crippen LogP contribution in [0.25, 0.3) is 0 Å². The number of piperidine rings is 1. The molecular weight excluding hydrogens is 424 g/mol. The first-order valence-corrected chi connectivity index (χ1v) is 12.6. The summed E-state index contributed by atoms with van der Waals surface area (Å²) in [6.45, 7) is 5.09. The van der Waals surface area contributed by atoms with E-state index in [1.165, 1.54) is 24.6 Å². The van der Waals surface area contributed by atoms with Crippen molar-refractivity contribution in [3.63, 3.8) is 0 Å². The van der Waals surface area contributed by atoms with Gasteiger partial charge in [0.2, 0.25) is 17.8 Å². The average molecular weight is 455 g/mol. The standard InChI is InChI=1S/C23H30N6O2S/c1-16-9-12-27(13-10-16)22-25-26-23(29(22)18-7-8-18)32-15-20(30)24-17-4-2-5-19(14-17)28-11-3-6-21(28)31/h2,4-5,14,16,18H,3,6-13,15H2,1H3,(H,24,30). The lowest BCUT2D eigenvalue weighted by atomic mass is 10.00. The molecule has 2 aromatic rings. The molecule has 2 amide bonds. The van der Waals surface area contributed by atoms with Crippen LogP contribution in [0.4, 0.5) is 17.3 Å². The number of benzene rings is 1. The molecule has 8 nitrogen and oxygen atoms in total. The minimum Gasteiger partial charge on any atom is -0.341 e. The molecule has 1 N–H and O–H groups in total. The predicted molar refractivity (Wildman–Crippen MR) is 126 cm³/mol. The molecule has 3 fully saturated rings. The quantitative estimate of drug-likeness (QED) is 0.642. The van der Waals surface area contributed by atoms with Crippen LogP contribution in [-0.2, 0) is 9.59 Å². The first kappa shape index (κ1) is 21.3. The van der Waals surface area contributed by atoms with Crippen molar-refractivity contribution >= 4 is 40.9 Å². The van der Waals surface area contributed by atoms with E-state index in [2.05, 4.69) is 31.9 Å². The number of aromatic nitrogens is 3. The minimum absolute atomic E-state index is 0.0846. The first-order chi connectivity index (χ1) is 15.6. The van der Waals surface area contributed by atoms with Crippen molar-refractivity contribution in [2.75, 3.05) is 40.5 Å². The maximum Gasteiger partial charge on any atom is 0.234 e. The fourth-order valence-electron chi connectivity index (χ4n) is 4.44. The summed E-state index contributed by atoms with van der Waals surface area (Å²) in [4.78, 5) is 28.8. The van der Waals surface area contributed by atoms with Crippen LogP contribution in [0.1, 0.15) is 51.5 Å². The first-order valence-electron chi connectivity index (χ1n) is 11.6. The van der Waals surface area contributed by atoms with Crippen LogP contribution in [0.15, 0.2) is 29.4 Å². The van der Waals surface area contributed by atoms with Gasteiger partial charge >= 0.3 is 0 Å². The second-order valence-electron chi connectivity index (χ2n) is 9.09. The van der Waals surface area contributed by atoms with Gasteiger partial charge in [-0.25, -0.2) is 0 Å². The normalized spacial score (nSPS) is 19.6. The molecule has 9 heteroatoms. The lowest BCUT2D eigenvalue weighted by molar-refractivity contribution is -0.117. The summed E-state index contributed by atoms with van der Waals surface area (Å²) in [5.41, 5.74) is 1.55. The van der Waals surface area contributed by atoms with Gasteiger partial charge in [0.25, 0.3) is 0 Å². The van der Waals surface area contributed by atoms with Crippen LogP contribution in [0, 0.1) is 5.92 Å². The number of carbonyl (C=O) groups excluding carboxylic acids is 2. The van der Waals surface area contributed by atoms with Gasteiger partial charge in [0.05, 0.1) is 5.75 Å². The number of carbonyl (C=O) groups is 2. The van der Waals surface area contributed by atoms with Crippen LogP contribution in [0.3, 0.4) is 0 Å². The molecule has 0 atom stereocenters. The third kappa shape index (κ3) is 4.62. The molecule has 0 spiro atoms. The highest BCUT2D eigenvalue weighted by atomic mass is 32.2. The Bertz CT molecular complexity index is 996. The van der Waals surface area contributed by atoms with E-state index >= 15 is 0 Å². The maximum absolute atomic E-state index is 12.6. The predicted octanol–water partition coefficient (Wildman–Crippen LogP) is 3.71. The number of nitrogens with one attached hydrogen (secondary N) is 1. The van der Waals surface area contributed by atoms with Gasteiger partial charge in [0.15, 0.2) is 5.16 Å². The van der Waals surface area contributed by atoms with Gasteiger partial charge in [-0.3, -0.25) is 14.2 Å². The molecule has 32 heavy (non-hydrogen) atoms. The van der Waals surface area contributed by atoms with Crippen LogP contribution in [-0.4, -0.2) is 52.0 Å². The Kier molecular flexibility index (Phi) is 6.08. The fourth-order valence-corrected chi connectivity index (χ4v) is 5.24. The smallest absolute Gasteiger partial charge is 0.234 e. The average Bonchev–Trinajstić information content (AvgIpc) is 3.39. The van der Waals surface area contributed by atoms with Crippen molar-refractivity contribution in [3.8, 4) is 0 Å². The molecule has 0 radical (unpaired) electrons. The molecule has 2 aliphatic heterocycles. The number of amides is 2. The number of nitrogens with zero attached hydrogens (tertiary/aromatic N) is 5. The molecule has 3 aliphatic rings. The Hall–Kier alpha value is -2.55. The van der Waals surface area contributed by atoms with Gasteiger partial charge in [-0.2, -0.15) is 0 Å². The lowest BCUT2D eigenvalue weighted by Gasteiger charge is -2.31. The molecule has 1 aliphatic carbocycles. The molecule has 3 heterocycles. The molecule has 1 saturated carbocycles. The summed E-state index contributed by atoms with van der Waals surface area (Å²) in [5.74, 6) is 2.06. The molecule has 0 bridgehead atoms. The maximum atomic E-state index is 12.6. The highest BCUT2D eigenvalue weighted by Crippen LogP contribution is 2.41. The summed E-state index contributed by atoms with van der Waals surface area (Å²) in [6.07, 6.45) is 6.14. The molecule has 0 unspecified atom stereocenters. The molecule has 1 aromatic heterocycles. The Labute approximate surface area is 192 Å². The van der Waals surface area contributed by atoms with Crippen molar-refractivity contribution in [1.29, 1.82) is 0 Å². The van der Waals surface area contributed by atoms with Crippen molar-refractivity contribution in [2.24, 2.45) is 5.92 Å². The molecule has 2 saturated heterocycles. The van der Waals surface area contributed by atoms with E-state index in [9.17, 15) is 9.59 Å². The molecule has 1 aromatic carbocycles. The zero-order valence-corrected chi connectivity index (χ0v) is 19.3. The second kappa shape index (κ2) is 9.13. The van der Waals surface area contributed by atoms with Gasteiger partial charge in [-0.05, 0) is 56.2 Å². The number of hydrogen-bond acceptors (Lipinski definition) is 6. The van der Waals surface area contributed by atoms with Crippen LogP contribution < -0.4 is 15.1 Å². The Morgan fingerprint density at radius 2 is 1.97 bits per heavy atom. The van der Waals surface area contributed by atoms with E-state index in [-0.39, 0.29) is 17.6 Å². The van der Waals surface area contributed by atoms with Gasteiger partial charge in [0, 0.05) is 43.5 Å². The van der Waals surface area contributed by atoms with Crippen LogP contribution in [0.5, 0.6) is 0 Å². The van der Waals surface area contributed by atoms with Crippen molar-refractivity contribution in [3.05, 3.63) is 24.3 Å². The number of rotatable bonds is 7. The highest BCUT2D eigenvalue weighted by molar-refractivity contribution is 7.99. The monoisotopic (exact) mass is 454 g/mol. The van der Waals surface area contributed by atoms with Crippen LogP contribution >= 0.6 is 11.8 Å². The molecule has 5 rings (SSSR count). The zero-order valence-electron chi connectivity index (χ0n) is 18.5. The van der Waals surface area contributed by atoms with E-state index in [0.29, 0.717) is 18.2 Å². The third-order valence-electron chi connectivity index (χ3n) is 6.47. The summed E-state index contributed by atoms with van der Waals surface area (Å²) in [7, 11) is 0. The summed E-state index contributed by atoms with van der Waals surface area (Å²) >= 11 is 1.44. The Morgan fingerprint density at radius 3 is 2.69 bits per heavy atom. The largest absolute Gasteiger partial charge is 0.341 e. The van der Waals surface area contributed by atoms with E-state index in [4.69, 9.17) is 0 Å². The van der Waals surface area contributed by atoms with Gasteiger partial charge in [0.1, 0.15) is 0 Å². The van der Waals surface area contributed by atoms with E-state index < -0.39 is 0 Å². The van der Waals surface area contributed by atoms with E-state index in [0.717, 1.165) is 61.6 Å².